The van der Waals surface area contributed by atoms with E-state index in [0.717, 1.165) is 12.8 Å². The molecule has 0 aromatic rings. The Bertz CT molecular complexity index is 318. The van der Waals surface area contributed by atoms with Gasteiger partial charge >= 0.3 is 7.48 Å². The van der Waals surface area contributed by atoms with E-state index in [-0.39, 0.29) is 11.5 Å². The van der Waals surface area contributed by atoms with E-state index in [0.29, 0.717) is 18.3 Å². The molecule has 3 aliphatic rings. The van der Waals surface area contributed by atoms with Crippen LogP contribution >= 0.6 is 0 Å². The van der Waals surface area contributed by atoms with Crippen molar-refractivity contribution in [1.82, 2.24) is 0 Å². The lowest BCUT2D eigenvalue weighted by Gasteiger charge is -2.65. The van der Waals surface area contributed by atoms with Gasteiger partial charge in [0.25, 0.3) is 0 Å². The number of hydrogen-bond donors (Lipinski definition) is 1. The van der Waals surface area contributed by atoms with Gasteiger partial charge in [0.15, 0.2) is 0 Å². The van der Waals surface area contributed by atoms with Crippen LogP contribution in [0.1, 0.15) is 33.6 Å². The van der Waals surface area contributed by atoms with Crippen LogP contribution in [-0.2, 0) is 4.65 Å². The minimum atomic E-state index is -0.724. The van der Waals surface area contributed by atoms with Gasteiger partial charge < -0.3 is 9.76 Å². The fourth-order valence-electron chi connectivity index (χ4n) is 3.60. The number of aliphatic hydroxyl groups is 1. The van der Waals surface area contributed by atoms with Crippen LogP contribution in [0.25, 0.3) is 0 Å². The minimum absolute atomic E-state index is 0.0914. The summed E-state index contributed by atoms with van der Waals surface area (Å²) in [7, 11) is 3.30. The molecule has 0 spiro atoms. The Balaban J connectivity index is 1.93. The Kier molecular flexibility index (Phi) is 3.34. The van der Waals surface area contributed by atoms with Gasteiger partial charge in [-0.05, 0) is 37.0 Å². The van der Waals surface area contributed by atoms with Gasteiger partial charge in [-0.15, -0.1) is 0 Å². The number of nitrogens with zero attached hydrogens (tertiary/aromatic N) is 2. The predicted molar refractivity (Wildman–Crippen MR) is 66.9 cm³/mol. The zero-order valence-electron chi connectivity index (χ0n) is 11.2. The van der Waals surface area contributed by atoms with Crippen molar-refractivity contribution >= 4 is 7.48 Å². The molecule has 0 amide bonds. The van der Waals surface area contributed by atoms with Crippen molar-refractivity contribution < 1.29 is 9.76 Å². The Morgan fingerprint density at radius 2 is 2.06 bits per heavy atom. The molecule has 0 aliphatic heterocycles. The SMILES string of the molecule is CN=NC[B]OC1CC2CC(C2(C)C)C1(C)O. The van der Waals surface area contributed by atoms with E-state index in [9.17, 15) is 5.11 Å². The molecule has 3 saturated carbocycles. The van der Waals surface area contributed by atoms with Gasteiger partial charge in [0, 0.05) is 7.05 Å². The van der Waals surface area contributed by atoms with Crippen LogP contribution in [0.15, 0.2) is 10.2 Å². The molecular weight excluding hydrogens is 215 g/mol. The molecule has 5 heteroatoms. The molecule has 4 nitrogen and oxygen atoms in total. The van der Waals surface area contributed by atoms with Crippen LogP contribution in [0.2, 0.25) is 0 Å². The molecule has 3 fully saturated rings. The molecule has 3 aliphatic carbocycles. The summed E-state index contributed by atoms with van der Waals surface area (Å²) >= 11 is 0. The summed E-state index contributed by atoms with van der Waals surface area (Å²) in [6.45, 7) is 6.42. The molecule has 0 aromatic heterocycles. The summed E-state index contributed by atoms with van der Waals surface area (Å²) in [4.78, 5) is 0. The van der Waals surface area contributed by atoms with Gasteiger partial charge in [0.05, 0.1) is 18.1 Å². The van der Waals surface area contributed by atoms with E-state index in [2.05, 4.69) is 24.1 Å². The monoisotopic (exact) mass is 237 g/mol. The molecule has 1 N–H and O–H groups in total. The highest BCUT2D eigenvalue weighted by atomic mass is 16.5. The summed E-state index contributed by atoms with van der Waals surface area (Å²) < 4.78 is 5.67. The lowest BCUT2D eigenvalue weighted by atomic mass is 9.43. The van der Waals surface area contributed by atoms with Crippen molar-refractivity contribution in [2.24, 2.45) is 27.5 Å². The molecular formula is C12H22BN2O2. The summed E-state index contributed by atoms with van der Waals surface area (Å²) in [5, 5.41) is 18.1. The number of rotatable bonds is 4. The number of azo groups is 1. The molecule has 17 heavy (non-hydrogen) atoms. The van der Waals surface area contributed by atoms with Gasteiger partial charge in [-0.1, -0.05) is 13.8 Å². The minimum Gasteiger partial charge on any atom is -0.433 e. The van der Waals surface area contributed by atoms with Crippen molar-refractivity contribution in [3.63, 3.8) is 0 Å². The predicted octanol–water partition coefficient (Wildman–Crippen LogP) is 1.85. The summed E-state index contributed by atoms with van der Waals surface area (Å²) in [5.41, 5.74) is -0.468. The summed E-state index contributed by atoms with van der Waals surface area (Å²) in [6.07, 6.45) is 2.44. The Morgan fingerprint density at radius 3 is 2.59 bits per heavy atom. The van der Waals surface area contributed by atoms with E-state index in [1.54, 1.807) is 14.5 Å². The molecule has 0 aromatic carbocycles. The molecule has 2 bridgehead atoms. The van der Waals surface area contributed by atoms with Crippen LogP contribution in [0.5, 0.6) is 0 Å². The van der Waals surface area contributed by atoms with E-state index >= 15 is 0 Å². The largest absolute Gasteiger partial charge is 0.433 e. The molecule has 1 radical (unpaired) electrons. The summed E-state index contributed by atoms with van der Waals surface area (Å²) in [6, 6.07) is 0. The Labute approximate surface area is 104 Å². The fourth-order valence-corrected chi connectivity index (χ4v) is 3.60. The van der Waals surface area contributed by atoms with Crippen molar-refractivity contribution in [2.45, 2.75) is 45.3 Å². The molecule has 4 atom stereocenters. The van der Waals surface area contributed by atoms with Crippen LogP contribution in [0.3, 0.4) is 0 Å². The maximum Gasteiger partial charge on any atom is 0.318 e. The third kappa shape index (κ3) is 2.04. The maximum absolute atomic E-state index is 10.6. The highest BCUT2D eigenvalue weighted by Gasteiger charge is 2.62. The van der Waals surface area contributed by atoms with Gasteiger partial charge in [0.2, 0.25) is 0 Å². The zero-order valence-corrected chi connectivity index (χ0v) is 11.2. The van der Waals surface area contributed by atoms with E-state index < -0.39 is 5.60 Å². The lowest BCUT2D eigenvalue weighted by Crippen LogP contribution is -2.67. The molecule has 3 rings (SSSR count). The van der Waals surface area contributed by atoms with Crippen molar-refractivity contribution in [3.8, 4) is 0 Å². The first-order chi connectivity index (χ1) is 7.90. The molecule has 4 unspecified atom stereocenters. The first kappa shape index (κ1) is 13.0. The van der Waals surface area contributed by atoms with E-state index in [1.807, 2.05) is 6.92 Å². The third-order valence-corrected chi connectivity index (χ3v) is 4.88. The fraction of sp³-hybridized carbons (Fsp3) is 1.00. The first-order valence-electron chi connectivity index (χ1n) is 6.35. The van der Waals surface area contributed by atoms with Crippen molar-refractivity contribution in [2.75, 3.05) is 13.5 Å². The van der Waals surface area contributed by atoms with Gasteiger partial charge in [-0.2, -0.15) is 5.11 Å². The van der Waals surface area contributed by atoms with Gasteiger partial charge in [-0.3, -0.25) is 0 Å². The van der Waals surface area contributed by atoms with E-state index in [4.69, 9.17) is 4.65 Å². The second-order valence-corrected chi connectivity index (χ2v) is 6.08. The standard InChI is InChI=1S/C12H22BN2O2/c1-11(2)8-5-9(11)12(3,16)10(6-8)17-13-7-15-14-4/h8-10,16H,5-7H2,1-4H3. The first-order valence-corrected chi connectivity index (χ1v) is 6.35. The Hall–Kier alpha value is -0.415. The average molecular weight is 237 g/mol. The number of hydrogen-bond acceptors (Lipinski definition) is 4. The summed E-state index contributed by atoms with van der Waals surface area (Å²) in [5.74, 6) is 1.03. The van der Waals surface area contributed by atoms with Crippen LogP contribution in [0.4, 0.5) is 0 Å². The second kappa shape index (κ2) is 4.36. The van der Waals surface area contributed by atoms with Crippen LogP contribution < -0.4 is 0 Å². The highest BCUT2D eigenvalue weighted by molar-refractivity contribution is 6.27. The maximum atomic E-state index is 10.6. The van der Waals surface area contributed by atoms with Crippen LogP contribution in [0, 0.1) is 17.3 Å². The van der Waals surface area contributed by atoms with Crippen molar-refractivity contribution in [1.29, 1.82) is 0 Å². The molecule has 0 saturated heterocycles. The normalized spacial score (nSPS) is 43.5. The highest BCUT2D eigenvalue weighted by Crippen LogP contribution is 2.63. The van der Waals surface area contributed by atoms with Gasteiger partial charge in [0.1, 0.15) is 0 Å². The molecule has 95 valence electrons. The lowest BCUT2D eigenvalue weighted by molar-refractivity contribution is -0.238. The Morgan fingerprint density at radius 1 is 1.35 bits per heavy atom. The molecule has 0 heterocycles. The third-order valence-electron chi connectivity index (χ3n) is 4.88. The zero-order chi connectivity index (χ0) is 12.7. The quantitative estimate of drug-likeness (QED) is 0.461. The topological polar surface area (TPSA) is 54.2 Å². The number of fused-ring (bicyclic) bond motifs is 2. The van der Waals surface area contributed by atoms with Crippen molar-refractivity contribution in [3.05, 3.63) is 0 Å². The average Bonchev–Trinajstić information content (AvgIpc) is 2.24. The smallest absolute Gasteiger partial charge is 0.318 e. The van der Waals surface area contributed by atoms with Gasteiger partial charge in [-0.25, -0.2) is 5.11 Å². The second-order valence-electron chi connectivity index (χ2n) is 6.08. The van der Waals surface area contributed by atoms with Crippen LogP contribution in [-0.4, -0.2) is 37.8 Å². The van der Waals surface area contributed by atoms with E-state index in [1.165, 1.54) is 0 Å².